The van der Waals surface area contributed by atoms with E-state index < -0.39 is 17.9 Å². The Kier molecular flexibility index (Phi) is 5.82. The fraction of sp³-hybridized carbons (Fsp3) is 0.0938. The van der Waals surface area contributed by atoms with Crippen molar-refractivity contribution in [1.82, 2.24) is 5.32 Å². The molecule has 4 aromatic carbocycles. The summed E-state index contributed by atoms with van der Waals surface area (Å²) in [6.07, 6.45) is 0. The van der Waals surface area contributed by atoms with Crippen molar-refractivity contribution >= 4 is 43.9 Å². The summed E-state index contributed by atoms with van der Waals surface area (Å²) in [4.78, 5) is 43.8. The summed E-state index contributed by atoms with van der Waals surface area (Å²) in [5.41, 5.74) is 1.97. The van der Waals surface area contributed by atoms with Crippen molar-refractivity contribution in [2.24, 2.45) is 0 Å². The van der Waals surface area contributed by atoms with Gasteiger partial charge in [0.2, 0.25) is 6.79 Å². The third-order valence-corrected chi connectivity index (χ3v) is 8.41. The van der Waals surface area contributed by atoms with E-state index in [-0.39, 0.29) is 18.1 Å². The van der Waals surface area contributed by atoms with E-state index in [0.717, 1.165) is 4.70 Å². The van der Waals surface area contributed by atoms with Crippen molar-refractivity contribution in [3.63, 3.8) is 0 Å². The molecule has 0 bridgehead atoms. The molecule has 0 unspecified atom stereocenters. The lowest BCUT2D eigenvalue weighted by atomic mass is 9.81. The van der Waals surface area contributed by atoms with Crippen LogP contribution < -0.4 is 25.1 Å². The molecule has 40 heavy (non-hydrogen) atoms. The van der Waals surface area contributed by atoms with E-state index in [1.165, 1.54) is 11.3 Å². The van der Waals surface area contributed by atoms with Gasteiger partial charge in [0.25, 0.3) is 11.8 Å². The molecule has 0 saturated carbocycles. The number of hydrogen-bond acceptors (Lipinski definition) is 6. The van der Waals surface area contributed by atoms with Crippen LogP contribution in [0.5, 0.6) is 11.5 Å². The summed E-state index contributed by atoms with van der Waals surface area (Å²) in [6, 6.07) is 29.6. The van der Waals surface area contributed by atoms with Crippen LogP contribution in [0.1, 0.15) is 27.4 Å². The Morgan fingerprint density at radius 2 is 1.52 bits per heavy atom. The number of fused-ring (bicyclic) bond motifs is 3. The van der Waals surface area contributed by atoms with Gasteiger partial charge in [-0.15, -0.1) is 11.3 Å². The second-order valence-corrected chi connectivity index (χ2v) is 10.6. The van der Waals surface area contributed by atoms with Crippen LogP contribution in [-0.2, 0) is 4.79 Å². The Bertz CT molecular complexity index is 1840. The molecule has 7 nitrogen and oxygen atoms in total. The Morgan fingerprint density at radius 1 is 0.825 bits per heavy atom. The Hall–Kier alpha value is -4.95. The fourth-order valence-electron chi connectivity index (χ4n) is 5.38. The molecule has 2 amide bonds. The molecule has 2 atom stereocenters. The molecular weight excluding hydrogens is 524 g/mol. The molecule has 0 spiro atoms. The standard InChI is InChI=1S/C32H22N2O5S/c35-29-22-13-7-8-14-25(22)40-32-27(29)26(20-15-16-23-24(17-20)39-18-38-23)28(33-30(36)19-9-3-1-4-10-19)31(37)34(32)21-11-5-2-6-12-21/h1-17,26,28H,18H2,(H,33,36)/t26-,28-/m1/s1. The number of carbonyl (C=O) groups excluding carboxylic acids is 2. The highest BCUT2D eigenvalue weighted by Gasteiger charge is 2.45. The van der Waals surface area contributed by atoms with Gasteiger partial charge in [-0.1, -0.05) is 54.6 Å². The van der Waals surface area contributed by atoms with Gasteiger partial charge in [-0.05, 0) is 54.1 Å². The zero-order valence-electron chi connectivity index (χ0n) is 21.1. The summed E-state index contributed by atoms with van der Waals surface area (Å²) in [7, 11) is 0. The lowest BCUT2D eigenvalue weighted by molar-refractivity contribution is -0.120. The van der Waals surface area contributed by atoms with Crippen LogP contribution in [0.3, 0.4) is 0 Å². The number of benzene rings is 4. The maximum atomic E-state index is 14.5. The second-order valence-electron chi connectivity index (χ2n) is 9.56. The van der Waals surface area contributed by atoms with E-state index in [1.807, 2.05) is 60.7 Å². The average molecular weight is 547 g/mol. The van der Waals surface area contributed by atoms with E-state index in [0.29, 0.717) is 44.3 Å². The van der Waals surface area contributed by atoms with Crippen LogP contribution in [-0.4, -0.2) is 24.6 Å². The summed E-state index contributed by atoms with van der Waals surface area (Å²) in [6.45, 7) is 0.0917. The van der Waals surface area contributed by atoms with Gasteiger partial charge in [0, 0.05) is 32.8 Å². The van der Waals surface area contributed by atoms with Gasteiger partial charge in [-0.25, -0.2) is 0 Å². The zero-order chi connectivity index (χ0) is 27.2. The number of ether oxygens (including phenoxy) is 2. The first-order valence-corrected chi connectivity index (χ1v) is 13.6. The zero-order valence-corrected chi connectivity index (χ0v) is 21.9. The second kappa shape index (κ2) is 9.66. The van der Waals surface area contributed by atoms with Gasteiger partial charge >= 0.3 is 0 Å². The molecule has 196 valence electrons. The van der Waals surface area contributed by atoms with Crippen LogP contribution in [0.25, 0.3) is 10.1 Å². The van der Waals surface area contributed by atoms with E-state index in [2.05, 4.69) is 5.32 Å². The Morgan fingerprint density at radius 3 is 2.33 bits per heavy atom. The molecule has 2 aliphatic heterocycles. The highest BCUT2D eigenvalue weighted by Crippen LogP contribution is 2.47. The van der Waals surface area contributed by atoms with Gasteiger partial charge in [0.15, 0.2) is 16.9 Å². The van der Waals surface area contributed by atoms with Crippen molar-refractivity contribution in [3.05, 3.63) is 130 Å². The molecule has 0 radical (unpaired) electrons. The fourth-order valence-corrected chi connectivity index (χ4v) is 6.62. The highest BCUT2D eigenvalue weighted by molar-refractivity contribution is 7.22. The Labute approximate surface area is 233 Å². The number of anilines is 2. The quantitative estimate of drug-likeness (QED) is 0.317. The predicted octanol–water partition coefficient (Wildman–Crippen LogP) is 5.60. The SMILES string of the molecule is O=C(N[C@H]1C(=O)N(c2ccccc2)c2sc3ccccc3c(=O)c2[C@H]1c1ccc2c(c1)OCO2)c1ccccc1. The summed E-state index contributed by atoms with van der Waals surface area (Å²) in [5, 5.41) is 4.08. The number of hydrogen-bond donors (Lipinski definition) is 1. The number of rotatable bonds is 4. The molecule has 1 N–H and O–H groups in total. The maximum absolute atomic E-state index is 14.5. The lowest BCUT2D eigenvalue weighted by Crippen LogP contribution is -2.54. The van der Waals surface area contributed by atoms with Gasteiger partial charge < -0.3 is 14.8 Å². The molecule has 7 rings (SSSR count). The monoisotopic (exact) mass is 546 g/mol. The molecule has 5 aromatic rings. The van der Waals surface area contributed by atoms with E-state index in [4.69, 9.17) is 9.47 Å². The smallest absolute Gasteiger partial charge is 0.255 e. The third kappa shape index (κ3) is 3.92. The normalized spacial score (nSPS) is 17.5. The summed E-state index contributed by atoms with van der Waals surface area (Å²) < 4.78 is 11.9. The van der Waals surface area contributed by atoms with E-state index >= 15 is 0 Å². The van der Waals surface area contributed by atoms with Crippen molar-refractivity contribution in [2.45, 2.75) is 12.0 Å². The number of nitrogens with zero attached hydrogens (tertiary/aromatic N) is 1. The molecule has 0 aliphatic carbocycles. The van der Waals surface area contributed by atoms with Crippen LogP contribution in [0.2, 0.25) is 0 Å². The van der Waals surface area contributed by atoms with E-state index in [9.17, 15) is 14.4 Å². The van der Waals surface area contributed by atoms with Crippen LogP contribution >= 0.6 is 11.3 Å². The lowest BCUT2D eigenvalue weighted by Gasteiger charge is -2.39. The average Bonchev–Trinajstić information content (AvgIpc) is 3.47. The van der Waals surface area contributed by atoms with Gasteiger partial charge in [-0.3, -0.25) is 19.3 Å². The van der Waals surface area contributed by atoms with Gasteiger partial charge in [-0.2, -0.15) is 0 Å². The summed E-state index contributed by atoms with van der Waals surface area (Å²) >= 11 is 1.39. The minimum absolute atomic E-state index is 0.0917. The van der Waals surface area contributed by atoms with Crippen molar-refractivity contribution in [1.29, 1.82) is 0 Å². The molecule has 0 fully saturated rings. The molecule has 0 saturated heterocycles. The molecule has 2 aliphatic rings. The van der Waals surface area contributed by atoms with Crippen molar-refractivity contribution in [3.8, 4) is 11.5 Å². The van der Waals surface area contributed by atoms with Gasteiger partial charge in [0.1, 0.15) is 11.0 Å². The topological polar surface area (TPSA) is 84.9 Å². The maximum Gasteiger partial charge on any atom is 0.255 e. The first-order chi connectivity index (χ1) is 19.6. The number of amides is 2. The largest absolute Gasteiger partial charge is 0.454 e. The predicted molar refractivity (Wildman–Crippen MR) is 154 cm³/mol. The number of carbonyl (C=O) groups is 2. The van der Waals surface area contributed by atoms with Gasteiger partial charge in [0.05, 0.1) is 0 Å². The molecule has 1 aromatic heterocycles. The minimum atomic E-state index is -1.07. The van der Waals surface area contributed by atoms with Crippen LogP contribution in [0.4, 0.5) is 10.7 Å². The van der Waals surface area contributed by atoms with Crippen LogP contribution in [0, 0.1) is 0 Å². The highest BCUT2D eigenvalue weighted by atomic mass is 32.1. The number of para-hydroxylation sites is 1. The number of nitrogens with one attached hydrogen (secondary N) is 1. The first-order valence-electron chi connectivity index (χ1n) is 12.8. The third-order valence-electron chi connectivity index (χ3n) is 7.24. The summed E-state index contributed by atoms with van der Waals surface area (Å²) in [5.74, 6) is -0.389. The Balaban J connectivity index is 1.49. The molecule has 8 heteroatoms. The first kappa shape index (κ1) is 24.1. The molecular formula is C32H22N2O5S. The molecule has 3 heterocycles. The minimum Gasteiger partial charge on any atom is -0.454 e. The van der Waals surface area contributed by atoms with Crippen molar-refractivity contribution in [2.75, 3.05) is 11.7 Å². The van der Waals surface area contributed by atoms with Crippen LogP contribution in [0.15, 0.2) is 108 Å². The van der Waals surface area contributed by atoms with Crippen molar-refractivity contribution < 1.29 is 19.1 Å². The van der Waals surface area contributed by atoms with E-state index in [1.54, 1.807) is 47.4 Å².